The highest BCUT2D eigenvalue weighted by atomic mass is 16.1. The molecular weight excluding hydrogens is 276 g/mol. The van der Waals surface area contributed by atoms with Gasteiger partial charge in [-0.1, -0.05) is 30.3 Å². The van der Waals surface area contributed by atoms with Gasteiger partial charge in [0.1, 0.15) is 5.82 Å². The minimum atomic E-state index is -0.452. The molecule has 0 fully saturated rings. The topological polar surface area (TPSA) is 80.9 Å². The lowest BCUT2D eigenvalue weighted by atomic mass is 10.1. The Morgan fingerprint density at radius 3 is 2.36 bits per heavy atom. The number of hydrogen-bond donors (Lipinski definition) is 2. The molecule has 0 radical (unpaired) electrons. The van der Waals surface area contributed by atoms with Gasteiger partial charge in [0.05, 0.1) is 0 Å². The first-order valence-corrected chi connectivity index (χ1v) is 6.78. The summed E-state index contributed by atoms with van der Waals surface area (Å²) in [6.07, 6.45) is 1.69. The van der Waals surface area contributed by atoms with Crippen molar-refractivity contribution >= 4 is 17.4 Å². The molecule has 22 heavy (non-hydrogen) atoms. The largest absolute Gasteiger partial charge is 0.366 e. The minimum absolute atomic E-state index is 0.452. The van der Waals surface area contributed by atoms with Crippen molar-refractivity contribution in [1.82, 2.24) is 9.97 Å². The molecule has 0 spiro atoms. The number of amides is 1. The van der Waals surface area contributed by atoms with Crippen LogP contribution in [0.2, 0.25) is 0 Å². The van der Waals surface area contributed by atoms with E-state index in [-0.39, 0.29) is 0 Å². The number of para-hydroxylation sites is 1. The van der Waals surface area contributed by atoms with Crippen LogP contribution < -0.4 is 11.1 Å². The molecule has 0 saturated heterocycles. The highest BCUT2D eigenvalue weighted by molar-refractivity contribution is 5.93. The zero-order valence-electron chi connectivity index (χ0n) is 11.7. The number of rotatable bonds is 4. The molecule has 2 aromatic carbocycles. The maximum Gasteiger partial charge on any atom is 0.248 e. The van der Waals surface area contributed by atoms with E-state index in [2.05, 4.69) is 15.3 Å². The minimum Gasteiger partial charge on any atom is -0.366 e. The summed E-state index contributed by atoms with van der Waals surface area (Å²) < 4.78 is 0. The Kier molecular flexibility index (Phi) is 3.78. The Morgan fingerprint density at radius 1 is 0.955 bits per heavy atom. The number of nitrogens with one attached hydrogen (secondary N) is 1. The molecule has 3 N–H and O–H groups in total. The third kappa shape index (κ3) is 3.09. The lowest BCUT2D eigenvalue weighted by Crippen LogP contribution is -2.10. The summed E-state index contributed by atoms with van der Waals surface area (Å²) in [5.41, 5.74) is 7.47. The average Bonchev–Trinajstić information content (AvgIpc) is 2.56. The Morgan fingerprint density at radius 2 is 1.68 bits per heavy atom. The Labute approximate surface area is 127 Å². The van der Waals surface area contributed by atoms with Crippen LogP contribution in [0.15, 0.2) is 66.9 Å². The van der Waals surface area contributed by atoms with E-state index >= 15 is 0 Å². The highest BCUT2D eigenvalue weighted by Crippen LogP contribution is 2.19. The molecule has 0 bridgehead atoms. The molecule has 0 saturated carbocycles. The summed E-state index contributed by atoms with van der Waals surface area (Å²) in [5.74, 6) is 0.832. The van der Waals surface area contributed by atoms with Gasteiger partial charge in [0.15, 0.2) is 5.82 Å². The van der Waals surface area contributed by atoms with Crippen LogP contribution in [0.5, 0.6) is 0 Å². The van der Waals surface area contributed by atoms with Crippen LogP contribution in [-0.4, -0.2) is 15.9 Å². The van der Waals surface area contributed by atoms with E-state index in [0.29, 0.717) is 17.2 Å². The van der Waals surface area contributed by atoms with Gasteiger partial charge in [-0.3, -0.25) is 4.79 Å². The SMILES string of the molecule is NC(=O)c1ccc(-c2nccc(Nc3ccccc3)n2)cc1. The fraction of sp³-hybridized carbons (Fsp3) is 0. The van der Waals surface area contributed by atoms with Crippen molar-refractivity contribution in [3.63, 3.8) is 0 Å². The molecule has 0 aliphatic heterocycles. The monoisotopic (exact) mass is 290 g/mol. The van der Waals surface area contributed by atoms with Crippen molar-refractivity contribution in [2.75, 3.05) is 5.32 Å². The molecular formula is C17H14N4O. The van der Waals surface area contributed by atoms with Crippen LogP contribution in [0.3, 0.4) is 0 Å². The first kappa shape index (κ1) is 13.8. The van der Waals surface area contributed by atoms with Gasteiger partial charge in [0, 0.05) is 23.0 Å². The molecule has 108 valence electrons. The molecule has 1 heterocycles. The third-order valence-corrected chi connectivity index (χ3v) is 3.13. The number of anilines is 2. The first-order valence-electron chi connectivity index (χ1n) is 6.78. The number of carbonyl (C=O) groups excluding carboxylic acids is 1. The Bertz CT molecular complexity index is 785. The van der Waals surface area contributed by atoms with Crippen molar-refractivity contribution < 1.29 is 4.79 Å². The first-order chi connectivity index (χ1) is 10.7. The molecule has 3 rings (SSSR count). The quantitative estimate of drug-likeness (QED) is 0.774. The van der Waals surface area contributed by atoms with Gasteiger partial charge < -0.3 is 11.1 Å². The number of hydrogen-bond acceptors (Lipinski definition) is 4. The van der Waals surface area contributed by atoms with Crippen molar-refractivity contribution in [3.05, 3.63) is 72.4 Å². The van der Waals surface area contributed by atoms with Crippen LogP contribution in [0.1, 0.15) is 10.4 Å². The third-order valence-electron chi connectivity index (χ3n) is 3.13. The maximum atomic E-state index is 11.1. The van der Waals surface area contributed by atoms with Gasteiger partial charge in [-0.05, 0) is 30.3 Å². The van der Waals surface area contributed by atoms with Crippen molar-refractivity contribution in [2.45, 2.75) is 0 Å². The van der Waals surface area contributed by atoms with Crippen LogP contribution in [0, 0.1) is 0 Å². The van der Waals surface area contributed by atoms with Crippen LogP contribution in [0.4, 0.5) is 11.5 Å². The average molecular weight is 290 g/mol. The summed E-state index contributed by atoms with van der Waals surface area (Å²) in [5, 5.41) is 3.22. The number of aromatic nitrogens is 2. The molecule has 1 amide bonds. The van der Waals surface area contributed by atoms with Gasteiger partial charge in [0.2, 0.25) is 5.91 Å². The second-order valence-corrected chi connectivity index (χ2v) is 4.70. The van der Waals surface area contributed by atoms with E-state index < -0.39 is 5.91 Å². The van der Waals surface area contributed by atoms with E-state index in [1.807, 2.05) is 30.3 Å². The molecule has 5 nitrogen and oxygen atoms in total. The number of benzene rings is 2. The fourth-order valence-electron chi connectivity index (χ4n) is 2.02. The zero-order valence-corrected chi connectivity index (χ0v) is 11.7. The van der Waals surface area contributed by atoms with E-state index in [4.69, 9.17) is 5.73 Å². The summed E-state index contributed by atoms with van der Waals surface area (Å²) in [7, 11) is 0. The van der Waals surface area contributed by atoms with Gasteiger partial charge in [-0.25, -0.2) is 9.97 Å². The van der Waals surface area contributed by atoms with Gasteiger partial charge in [-0.15, -0.1) is 0 Å². The van der Waals surface area contributed by atoms with E-state index in [0.717, 1.165) is 11.3 Å². The number of nitrogens with two attached hydrogens (primary N) is 1. The standard InChI is InChI=1S/C17H14N4O/c18-16(22)12-6-8-13(9-7-12)17-19-11-10-15(21-17)20-14-4-2-1-3-5-14/h1-11H,(H2,18,22)(H,19,20,21). The second-order valence-electron chi connectivity index (χ2n) is 4.70. The molecule has 3 aromatic rings. The molecule has 0 aliphatic carbocycles. The van der Waals surface area contributed by atoms with E-state index in [1.165, 1.54) is 0 Å². The number of primary amides is 1. The summed E-state index contributed by atoms with van der Waals surface area (Å²) in [6.45, 7) is 0. The number of carbonyl (C=O) groups is 1. The predicted molar refractivity (Wildman–Crippen MR) is 85.7 cm³/mol. The lowest BCUT2D eigenvalue weighted by Gasteiger charge is -2.07. The molecule has 0 unspecified atom stereocenters. The Hall–Kier alpha value is -3.21. The van der Waals surface area contributed by atoms with Crippen molar-refractivity contribution in [3.8, 4) is 11.4 Å². The molecule has 1 aromatic heterocycles. The van der Waals surface area contributed by atoms with Crippen molar-refractivity contribution in [1.29, 1.82) is 0 Å². The highest BCUT2D eigenvalue weighted by Gasteiger charge is 2.05. The van der Waals surface area contributed by atoms with Crippen LogP contribution in [0.25, 0.3) is 11.4 Å². The summed E-state index contributed by atoms with van der Waals surface area (Å²) >= 11 is 0. The molecule has 0 aliphatic rings. The normalized spacial score (nSPS) is 10.2. The maximum absolute atomic E-state index is 11.1. The number of nitrogens with zero attached hydrogens (tertiary/aromatic N) is 2. The fourth-order valence-corrected chi connectivity index (χ4v) is 2.02. The van der Waals surface area contributed by atoms with Gasteiger partial charge >= 0.3 is 0 Å². The zero-order chi connectivity index (χ0) is 15.4. The van der Waals surface area contributed by atoms with Gasteiger partial charge in [-0.2, -0.15) is 0 Å². The van der Waals surface area contributed by atoms with E-state index in [1.54, 1.807) is 36.5 Å². The Balaban J connectivity index is 1.86. The van der Waals surface area contributed by atoms with E-state index in [9.17, 15) is 4.79 Å². The molecule has 0 atom stereocenters. The summed E-state index contributed by atoms with van der Waals surface area (Å²) in [6, 6.07) is 18.5. The predicted octanol–water partition coefficient (Wildman–Crippen LogP) is 2.99. The summed E-state index contributed by atoms with van der Waals surface area (Å²) in [4.78, 5) is 19.8. The van der Waals surface area contributed by atoms with Crippen molar-refractivity contribution in [2.24, 2.45) is 5.73 Å². The second kappa shape index (κ2) is 6.05. The smallest absolute Gasteiger partial charge is 0.248 e. The lowest BCUT2D eigenvalue weighted by molar-refractivity contribution is 0.100. The molecule has 5 heteroatoms. The van der Waals surface area contributed by atoms with Crippen LogP contribution >= 0.6 is 0 Å². The van der Waals surface area contributed by atoms with Crippen LogP contribution in [-0.2, 0) is 0 Å². The van der Waals surface area contributed by atoms with Gasteiger partial charge in [0.25, 0.3) is 0 Å².